The fraction of sp³-hybridized carbons (Fsp3) is 0.632. The molecule has 0 aliphatic carbocycles. The van der Waals surface area contributed by atoms with E-state index in [9.17, 15) is 9.18 Å². The number of likely N-dealkylation sites (tertiary alicyclic amines) is 1. The molecule has 0 saturated carbocycles. The van der Waals surface area contributed by atoms with Crippen molar-refractivity contribution in [3.05, 3.63) is 35.6 Å². The third-order valence-electron chi connectivity index (χ3n) is 5.27. The molecule has 0 N–H and O–H groups in total. The molecule has 1 aromatic rings. The average molecular weight is 335 g/mol. The summed E-state index contributed by atoms with van der Waals surface area (Å²) in [5.74, 6) is -0.290. The van der Waals surface area contributed by atoms with Crippen molar-refractivity contribution in [2.45, 2.75) is 38.7 Å². The Balaban J connectivity index is 1.50. The molecular formula is C19H26FNO3. The van der Waals surface area contributed by atoms with Crippen LogP contribution in [0.25, 0.3) is 0 Å². The number of benzene rings is 1. The van der Waals surface area contributed by atoms with Gasteiger partial charge >= 0.3 is 0 Å². The maximum atomic E-state index is 13.7. The Morgan fingerprint density at radius 3 is 2.83 bits per heavy atom. The van der Waals surface area contributed by atoms with E-state index in [4.69, 9.17) is 9.47 Å². The quantitative estimate of drug-likeness (QED) is 0.830. The Hall–Kier alpha value is -1.46. The smallest absolute Gasteiger partial charge is 0.227 e. The van der Waals surface area contributed by atoms with E-state index in [0.717, 1.165) is 39.0 Å². The number of carbonyl (C=O) groups is 1. The van der Waals surface area contributed by atoms with Gasteiger partial charge in [-0.3, -0.25) is 4.79 Å². The van der Waals surface area contributed by atoms with Crippen LogP contribution in [0.15, 0.2) is 24.3 Å². The van der Waals surface area contributed by atoms with Crippen molar-refractivity contribution in [1.82, 2.24) is 4.90 Å². The van der Waals surface area contributed by atoms with E-state index in [1.165, 1.54) is 6.07 Å². The minimum Gasteiger partial charge on any atom is -0.379 e. The molecule has 1 spiro atoms. The van der Waals surface area contributed by atoms with Gasteiger partial charge in [-0.05, 0) is 43.2 Å². The van der Waals surface area contributed by atoms with Crippen molar-refractivity contribution in [3.63, 3.8) is 0 Å². The highest BCUT2D eigenvalue weighted by Crippen LogP contribution is 2.42. The third-order valence-corrected chi connectivity index (χ3v) is 5.27. The molecule has 0 bridgehead atoms. The second kappa shape index (κ2) is 7.62. The molecule has 2 saturated heterocycles. The summed E-state index contributed by atoms with van der Waals surface area (Å²) in [4.78, 5) is 14.3. The first-order valence-electron chi connectivity index (χ1n) is 8.82. The Kier molecular flexibility index (Phi) is 5.51. The van der Waals surface area contributed by atoms with Gasteiger partial charge < -0.3 is 14.4 Å². The van der Waals surface area contributed by atoms with Crippen LogP contribution in [0.3, 0.4) is 0 Å². The predicted molar refractivity (Wildman–Crippen MR) is 89.2 cm³/mol. The largest absolute Gasteiger partial charge is 0.379 e. The number of piperidine rings is 1. The summed E-state index contributed by atoms with van der Waals surface area (Å²) in [6.07, 6.45) is 3.26. The lowest BCUT2D eigenvalue weighted by atomic mass is 9.76. The summed E-state index contributed by atoms with van der Waals surface area (Å²) in [7, 11) is 0. The Morgan fingerprint density at radius 2 is 2.12 bits per heavy atom. The molecule has 1 aromatic carbocycles. The lowest BCUT2D eigenvalue weighted by molar-refractivity contribution is -0.132. The molecule has 2 fully saturated rings. The molecule has 0 unspecified atom stereocenters. The molecule has 5 heteroatoms. The van der Waals surface area contributed by atoms with Crippen molar-refractivity contribution >= 4 is 5.91 Å². The number of hydrogen-bond donors (Lipinski definition) is 0. The molecular weight excluding hydrogens is 309 g/mol. The maximum absolute atomic E-state index is 13.7. The first-order valence-corrected chi connectivity index (χ1v) is 8.82. The van der Waals surface area contributed by atoms with E-state index in [2.05, 4.69) is 0 Å². The van der Waals surface area contributed by atoms with E-state index >= 15 is 0 Å². The zero-order valence-electron chi connectivity index (χ0n) is 14.3. The van der Waals surface area contributed by atoms with Crippen LogP contribution in [-0.2, 0) is 20.7 Å². The Morgan fingerprint density at radius 1 is 1.38 bits per heavy atom. The van der Waals surface area contributed by atoms with E-state index in [0.29, 0.717) is 18.8 Å². The highest BCUT2D eigenvalue weighted by molar-refractivity contribution is 5.78. The highest BCUT2D eigenvalue weighted by atomic mass is 19.1. The predicted octanol–water partition coefficient (Wildman–Crippen LogP) is 2.80. The maximum Gasteiger partial charge on any atom is 0.227 e. The van der Waals surface area contributed by atoms with Gasteiger partial charge in [0.15, 0.2) is 0 Å². The van der Waals surface area contributed by atoms with Gasteiger partial charge in [0.05, 0.1) is 25.7 Å². The van der Waals surface area contributed by atoms with Crippen LogP contribution in [0.1, 0.15) is 31.7 Å². The fourth-order valence-electron chi connectivity index (χ4n) is 3.75. The van der Waals surface area contributed by atoms with Crippen molar-refractivity contribution in [2.75, 3.05) is 32.9 Å². The molecule has 0 aromatic heterocycles. The van der Waals surface area contributed by atoms with Crippen LogP contribution >= 0.6 is 0 Å². The molecule has 2 aliphatic heterocycles. The molecule has 2 heterocycles. The SMILES string of the molecule is CCOC[C@@H]1CC2(CCN(C(=O)Cc3ccccc3F)CC2)CO1. The van der Waals surface area contributed by atoms with Crippen molar-refractivity contribution in [1.29, 1.82) is 0 Å². The normalized spacial score (nSPS) is 22.9. The van der Waals surface area contributed by atoms with Gasteiger partial charge in [-0.1, -0.05) is 18.2 Å². The standard InChI is InChI=1S/C19H26FNO3/c1-2-23-13-16-12-19(14-24-16)7-9-21(10-8-19)18(22)11-15-5-3-4-6-17(15)20/h3-6,16H,2,7-14H2,1H3/t16-/m0/s1. The highest BCUT2D eigenvalue weighted by Gasteiger charge is 2.43. The van der Waals surface area contributed by atoms with Gasteiger partial charge in [-0.15, -0.1) is 0 Å². The van der Waals surface area contributed by atoms with Crippen LogP contribution in [0.5, 0.6) is 0 Å². The number of hydrogen-bond acceptors (Lipinski definition) is 3. The summed E-state index contributed by atoms with van der Waals surface area (Å²) in [5.41, 5.74) is 0.667. The minimum absolute atomic E-state index is 0.0136. The molecule has 132 valence electrons. The van der Waals surface area contributed by atoms with Crippen molar-refractivity contribution in [2.24, 2.45) is 5.41 Å². The van der Waals surface area contributed by atoms with E-state index in [1.54, 1.807) is 18.2 Å². The molecule has 3 rings (SSSR count). The van der Waals surface area contributed by atoms with Crippen LogP contribution in [0.4, 0.5) is 4.39 Å². The van der Waals surface area contributed by atoms with Crippen molar-refractivity contribution < 1.29 is 18.7 Å². The lowest BCUT2D eigenvalue weighted by Crippen LogP contribution is -2.44. The Labute approximate surface area is 142 Å². The van der Waals surface area contributed by atoms with Gasteiger partial charge in [-0.25, -0.2) is 4.39 Å². The molecule has 0 radical (unpaired) electrons. The van der Waals surface area contributed by atoms with Crippen LogP contribution in [0, 0.1) is 11.2 Å². The van der Waals surface area contributed by atoms with Crippen LogP contribution in [0.2, 0.25) is 0 Å². The molecule has 2 aliphatic rings. The van der Waals surface area contributed by atoms with Gasteiger partial charge in [0.25, 0.3) is 0 Å². The number of rotatable bonds is 5. The van der Waals surface area contributed by atoms with Crippen LogP contribution in [-0.4, -0.2) is 49.8 Å². The summed E-state index contributed by atoms with van der Waals surface area (Å²) in [6.45, 7) is 5.60. The Bertz CT molecular complexity index is 569. The molecule has 24 heavy (non-hydrogen) atoms. The molecule has 1 amide bonds. The number of ether oxygens (including phenoxy) is 2. The topological polar surface area (TPSA) is 38.8 Å². The summed E-state index contributed by atoms with van der Waals surface area (Å²) in [5, 5.41) is 0. The number of amides is 1. The van der Waals surface area contributed by atoms with Crippen molar-refractivity contribution in [3.8, 4) is 0 Å². The monoisotopic (exact) mass is 335 g/mol. The van der Waals surface area contributed by atoms with Gasteiger partial charge in [0.1, 0.15) is 5.82 Å². The minimum atomic E-state index is -0.303. The fourth-order valence-corrected chi connectivity index (χ4v) is 3.75. The summed E-state index contributed by atoms with van der Waals surface area (Å²) < 4.78 is 25.0. The zero-order chi connectivity index (χ0) is 17.0. The lowest BCUT2D eigenvalue weighted by Gasteiger charge is -2.38. The second-order valence-electron chi connectivity index (χ2n) is 6.95. The first-order chi connectivity index (χ1) is 11.6. The van der Waals surface area contributed by atoms with E-state index < -0.39 is 0 Å². The zero-order valence-corrected chi connectivity index (χ0v) is 14.3. The first kappa shape index (κ1) is 17.4. The number of halogens is 1. The van der Waals surface area contributed by atoms with Crippen LogP contribution < -0.4 is 0 Å². The van der Waals surface area contributed by atoms with E-state index in [1.807, 2.05) is 11.8 Å². The van der Waals surface area contributed by atoms with E-state index in [-0.39, 0.29) is 29.7 Å². The number of nitrogens with zero attached hydrogens (tertiary/aromatic N) is 1. The van der Waals surface area contributed by atoms with Gasteiger partial charge in [0, 0.05) is 19.7 Å². The second-order valence-corrected chi connectivity index (χ2v) is 6.95. The third kappa shape index (κ3) is 3.95. The molecule has 4 nitrogen and oxygen atoms in total. The summed E-state index contributed by atoms with van der Waals surface area (Å²) in [6, 6.07) is 6.50. The average Bonchev–Trinajstić information content (AvgIpc) is 2.98. The molecule has 1 atom stereocenters. The van der Waals surface area contributed by atoms with Gasteiger partial charge in [0.2, 0.25) is 5.91 Å². The number of carbonyl (C=O) groups excluding carboxylic acids is 1. The van der Waals surface area contributed by atoms with Gasteiger partial charge in [-0.2, -0.15) is 0 Å². The summed E-state index contributed by atoms with van der Waals surface area (Å²) >= 11 is 0.